The molecule has 0 atom stereocenters. The SMILES string of the molecule is CN(Cc1cscn1)c1ncc(C(F)(F)F)s1. The number of hydrogen-bond donors (Lipinski definition) is 0. The summed E-state index contributed by atoms with van der Waals surface area (Å²) in [4.78, 5) is 8.80. The van der Waals surface area contributed by atoms with Crippen LogP contribution in [-0.4, -0.2) is 17.0 Å². The van der Waals surface area contributed by atoms with Crippen LogP contribution in [0.3, 0.4) is 0 Å². The first-order chi connectivity index (χ1) is 7.97. The highest BCUT2D eigenvalue weighted by Crippen LogP contribution is 2.36. The van der Waals surface area contributed by atoms with E-state index in [1.54, 1.807) is 17.5 Å². The fraction of sp³-hybridized carbons (Fsp3) is 0.333. The van der Waals surface area contributed by atoms with Crippen molar-refractivity contribution in [2.75, 3.05) is 11.9 Å². The lowest BCUT2D eigenvalue weighted by Gasteiger charge is -2.13. The number of halogens is 3. The molecule has 92 valence electrons. The van der Waals surface area contributed by atoms with Gasteiger partial charge in [0.15, 0.2) is 5.13 Å². The molecule has 0 fully saturated rings. The molecule has 0 bridgehead atoms. The molecule has 2 aromatic rings. The molecule has 8 heteroatoms. The maximum Gasteiger partial charge on any atom is 0.427 e. The van der Waals surface area contributed by atoms with Crippen LogP contribution in [0.5, 0.6) is 0 Å². The van der Waals surface area contributed by atoms with Crippen LogP contribution in [-0.2, 0) is 12.7 Å². The molecule has 0 aliphatic carbocycles. The summed E-state index contributed by atoms with van der Waals surface area (Å²) >= 11 is 2.09. The molecule has 0 unspecified atom stereocenters. The summed E-state index contributed by atoms with van der Waals surface area (Å²) in [7, 11) is 1.69. The Labute approximate surface area is 104 Å². The van der Waals surface area contributed by atoms with Crippen LogP contribution in [0.15, 0.2) is 17.1 Å². The van der Waals surface area contributed by atoms with Gasteiger partial charge in [0.2, 0.25) is 0 Å². The van der Waals surface area contributed by atoms with E-state index < -0.39 is 11.1 Å². The predicted octanol–water partition coefficient (Wildman–Crippen LogP) is 3.25. The molecule has 0 aliphatic heterocycles. The van der Waals surface area contributed by atoms with Crippen LogP contribution < -0.4 is 4.90 Å². The van der Waals surface area contributed by atoms with Crippen molar-refractivity contribution in [3.63, 3.8) is 0 Å². The van der Waals surface area contributed by atoms with Crippen molar-refractivity contribution >= 4 is 27.8 Å². The van der Waals surface area contributed by atoms with Crippen LogP contribution in [0.4, 0.5) is 18.3 Å². The summed E-state index contributed by atoms with van der Waals surface area (Å²) in [6, 6.07) is 0. The van der Waals surface area contributed by atoms with E-state index in [1.807, 2.05) is 5.38 Å². The van der Waals surface area contributed by atoms with Gasteiger partial charge >= 0.3 is 6.18 Å². The summed E-state index contributed by atoms with van der Waals surface area (Å²) in [5.74, 6) is 0. The molecule has 0 aliphatic rings. The number of anilines is 1. The van der Waals surface area contributed by atoms with Gasteiger partial charge in [0.25, 0.3) is 0 Å². The fourth-order valence-corrected chi connectivity index (χ4v) is 2.49. The van der Waals surface area contributed by atoms with Gasteiger partial charge in [-0.25, -0.2) is 9.97 Å². The average Bonchev–Trinajstić information content (AvgIpc) is 2.85. The largest absolute Gasteiger partial charge is 0.427 e. The van der Waals surface area contributed by atoms with E-state index in [2.05, 4.69) is 9.97 Å². The summed E-state index contributed by atoms with van der Waals surface area (Å²) in [6.45, 7) is 0.453. The Bertz CT molecular complexity index is 478. The van der Waals surface area contributed by atoms with Crippen molar-refractivity contribution in [3.8, 4) is 0 Å². The lowest BCUT2D eigenvalue weighted by Crippen LogP contribution is -2.16. The summed E-state index contributed by atoms with van der Waals surface area (Å²) in [5.41, 5.74) is 2.51. The van der Waals surface area contributed by atoms with Gasteiger partial charge in [-0.05, 0) is 0 Å². The van der Waals surface area contributed by atoms with Crippen molar-refractivity contribution in [2.45, 2.75) is 12.7 Å². The molecule has 17 heavy (non-hydrogen) atoms. The molecule has 0 radical (unpaired) electrons. The maximum absolute atomic E-state index is 12.4. The summed E-state index contributed by atoms with van der Waals surface area (Å²) in [5, 5.41) is 2.19. The Balaban J connectivity index is 2.10. The van der Waals surface area contributed by atoms with Crippen molar-refractivity contribution in [2.24, 2.45) is 0 Å². The summed E-state index contributed by atoms with van der Waals surface area (Å²) < 4.78 is 37.1. The summed E-state index contributed by atoms with van der Waals surface area (Å²) in [6.07, 6.45) is -3.46. The van der Waals surface area contributed by atoms with E-state index in [4.69, 9.17) is 0 Å². The number of hydrogen-bond acceptors (Lipinski definition) is 5. The Morgan fingerprint density at radius 3 is 2.65 bits per heavy atom. The monoisotopic (exact) mass is 279 g/mol. The topological polar surface area (TPSA) is 29.0 Å². The van der Waals surface area contributed by atoms with E-state index in [0.29, 0.717) is 23.0 Å². The number of thiazole rings is 2. The highest BCUT2D eigenvalue weighted by Gasteiger charge is 2.33. The molecular weight excluding hydrogens is 271 g/mol. The first kappa shape index (κ1) is 12.3. The van der Waals surface area contributed by atoms with E-state index in [9.17, 15) is 13.2 Å². The van der Waals surface area contributed by atoms with Crippen LogP contribution in [0.1, 0.15) is 10.6 Å². The van der Waals surface area contributed by atoms with Gasteiger partial charge in [-0.3, -0.25) is 0 Å². The van der Waals surface area contributed by atoms with Crippen molar-refractivity contribution < 1.29 is 13.2 Å². The first-order valence-corrected chi connectivity index (χ1v) is 6.34. The Hall–Kier alpha value is -1.15. The highest BCUT2D eigenvalue weighted by molar-refractivity contribution is 7.15. The minimum Gasteiger partial charge on any atom is -0.345 e. The molecule has 0 saturated heterocycles. The van der Waals surface area contributed by atoms with Crippen molar-refractivity contribution in [1.29, 1.82) is 0 Å². The third kappa shape index (κ3) is 2.95. The highest BCUT2D eigenvalue weighted by atomic mass is 32.1. The molecule has 2 rings (SSSR count). The van der Waals surface area contributed by atoms with E-state index >= 15 is 0 Å². The van der Waals surface area contributed by atoms with Gasteiger partial charge in [0.05, 0.1) is 23.9 Å². The van der Waals surface area contributed by atoms with Gasteiger partial charge < -0.3 is 4.90 Å². The molecule has 0 N–H and O–H groups in total. The van der Waals surface area contributed by atoms with Crippen molar-refractivity contribution in [1.82, 2.24) is 9.97 Å². The maximum atomic E-state index is 12.4. The van der Waals surface area contributed by atoms with E-state index in [1.165, 1.54) is 11.3 Å². The van der Waals surface area contributed by atoms with E-state index in [-0.39, 0.29) is 0 Å². The minimum absolute atomic E-state index is 0.338. The zero-order valence-electron chi connectivity index (χ0n) is 8.73. The predicted molar refractivity (Wildman–Crippen MR) is 61.3 cm³/mol. The Morgan fingerprint density at radius 2 is 2.12 bits per heavy atom. The van der Waals surface area contributed by atoms with Crippen molar-refractivity contribution in [3.05, 3.63) is 27.7 Å². The molecule has 0 aromatic carbocycles. The zero-order chi connectivity index (χ0) is 12.5. The lowest BCUT2D eigenvalue weighted by atomic mass is 10.5. The Morgan fingerprint density at radius 1 is 1.35 bits per heavy atom. The van der Waals surface area contributed by atoms with Crippen LogP contribution in [0.25, 0.3) is 0 Å². The zero-order valence-corrected chi connectivity index (χ0v) is 10.4. The smallest absolute Gasteiger partial charge is 0.345 e. The van der Waals surface area contributed by atoms with Crippen LogP contribution >= 0.6 is 22.7 Å². The second-order valence-corrected chi connectivity index (χ2v) is 5.07. The van der Waals surface area contributed by atoms with Gasteiger partial charge in [-0.2, -0.15) is 13.2 Å². The third-order valence-corrected chi connectivity index (χ3v) is 3.77. The number of alkyl halides is 3. The molecule has 2 aromatic heterocycles. The molecule has 3 nitrogen and oxygen atoms in total. The van der Waals surface area contributed by atoms with Gasteiger partial charge in [0, 0.05) is 12.4 Å². The van der Waals surface area contributed by atoms with Gasteiger partial charge in [-0.1, -0.05) is 11.3 Å². The number of rotatable bonds is 3. The standard InChI is InChI=1S/C9H8F3N3S2/c1-15(3-6-4-16-5-14-6)8-13-2-7(17-8)9(10,11)12/h2,4-5H,3H2,1H3. The quantitative estimate of drug-likeness (QED) is 0.863. The second kappa shape index (κ2) is 4.61. The van der Waals surface area contributed by atoms with Crippen LogP contribution in [0.2, 0.25) is 0 Å². The Kier molecular flexibility index (Phi) is 3.34. The molecule has 0 spiro atoms. The molecule has 0 amide bonds. The average molecular weight is 279 g/mol. The molecule has 0 saturated carbocycles. The number of aromatic nitrogens is 2. The first-order valence-electron chi connectivity index (χ1n) is 4.58. The fourth-order valence-electron chi connectivity index (χ4n) is 1.20. The number of nitrogens with zero attached hydrogens (tertiary/aromatic N) is 3. The van der Waals surface area contributed by atoms with Gasteiger partial charge in [0.1, 0.15) is 4.88 Å². The molecular formula is C9H8F3N3S2. The van der Waals surface area contributed by atoms with E-state index in [0.717, 1.165) is 11.9 Å². The second-order valence-electron chi connectivity index (χ2n) is 3.34. The van der Waals surface area contributed by atoms with Crippen LogP contribution in [0, 0.1) is 0 Å². The minimum atomic E-state index is -4.32. The third-order valence-electron chi connectivity index (χ3n) is 1.98. The normalized spacial score (nSPS) is 11.8. The lowest BCUT2D eigenvalue weighted by molar-refractivity contribution is -0.134. The van der Waals surface area contributed by atoms with Gasteiger partial charge in [-0.15, -0.1) is 11.3 Å². The molecule has 2 heterocycles.